The number of nitrogens with zero attached hydrogens (tertiary/aromatic N) is 1. The first-order chi connectivity index (χ1) is 6.93. The Morgan fingerprint density at radius 2 is 1.60 bits per heavy atom. The highest BCUT2D eigenvalue weighted by Crippen LogP contribution is 2.12. The lowest BCUT2D eigenvalue weighted by Gasteiger charge is -2.12. The van der Waals surface area contributed by atoms with E-state index >= 15 is 0 Å². The fourth-order valence-electron chi connectivity index (χ4n) is 0.977. The monoisotopic (exact) mass is 211 g/mol. The molecular formula is C8H5NO6. The summed E-state index contributed by atoms with van der Waals surface area (Å²) in [5.74, 6) is -4.98. The van der Waals surface area contributed by atoms with Crippen molar-refractivity contribution in [2.45, 2.75) is 0 Å². The fraction of sp³-hybridized carbons (Fsp3) is 0. The fourth-order valence-corrected chi connectivity index (χ4v) is 0.977. The van der Waals surface area contributed by atoms with E-state index in [-0.39, 0.29) is 11.0 Å². The van der Waals surface area contributed by atoms with Gasteiger partial charge in [-0.15, -0.1) is 0 Å². The molecule has 1 aliphatic rings. The van der Waals surface area contributed by atoms with E-state index in [0.717, 1.165) is 12.2 Å². The number of hydrogen-bond donors (Lipinski definition) is 2. The molecule has 78 valence electrons. The van der Waals surface area contributed by atoms with Crippen molar-refractivity contribution >= 4 is 23.8 Å². The summed E-state index contributed by atoms with van der Waals surface area (Å²) in [7, 11) is 0. The number of aliphatic carboxylic acids is 2. The van der Waals surface area contributed by atoms with Gasteiger partial charge < -0.3 is 10.2 Å². The van der Waals surface area contributed by atoms with Crippen LogP contribution in [0.3, 0.4) is 0 Å². The Labute approximate surface area is 82.9 Å². The summed E-state index contributed by atoms with van der Waals surface area (Å²) in [6, 6.07) is 0. The van der Waals surface area contributed by atoms with Crippen molar-refractivity contribution in [3.05, 3.63) is 23.9 Å². The van der Waals surface area contributed by atoms with Gasteiger partial charge in [0, 0.05) is 12.2 Å². The summed E-state index contributed by atoms with van der Waals surface area (Å²) in [4.78, 5) is 43.2. The van der Waals surface area contributed by atoms with Crippen LogP contribution in [0.2, 0.25) is 0 Å². The third kappa shape index (κ3) is 2.08. The molecule has 0 unspecified atom stereocenters. The molecule has 0 saturated heterocycles. The second-order valence-electron chi connectivity index (χ2n) is 2.52. The molecule has 0 aromatic rings. The van der Waals surface area contributed by atoms with Crippen LogP contribution >= 0.6 is 0 Å². The van der Waals surface area contributed by atoms with Crippen LogP contribution in [0, 0.1) is 0 Å². The Bertz CT molecular complexity index is 401. The molecule has 0 aromatic heterocycles. The summed E-state index contributed by atoms with van der Waals surface area (Å²) < 4.78 is 0. The van der Waals surface area contributed by atoms with Gasteiger partial charge in [0.1, 0.15) is 5.70 Å². The molecule has 1 rings (SSSR count). The molecule has 15 heavy (non-hydrogen) atoms. The highest BCUT2D eigenvalue weighted by molar-refractivity contribution is 6.18. The lowest BCUT2D eigenvalue weighted by atomic mass is 10.3. The lowest BCUT2D eigenvalue weighted by Crippen LogP contribution is -2.33. The minimum absolute atomic E-state index is 0.274. The maximum Gasteiger partial charge on any atom is 0.353 e. The Morgan fingerprint density at radius 3 is 1.93 bits per heavy atom. The van der Waals surface area contributed by atoms with Crippen molar-refractivity contribution in [2.75, 3.05) is 0 Å². The molecule has 0 atom stereocenters. The average Bonchev–Trinajstić information content (AvgIpc) is 2.42. The third-order valence-electron chi connectivity index (χ3n) is 1.53. The number of carbonyl (C=O) groups excluding carboxylic acids is 2. The van der Waals surface area contributed by atoms with Gasteiger partial charge in [-0.2, -0.15) is 0 Å². The Kier molecular flexibility index (Phi) is 2.65. The molecule has 7 heteroatoms. The first-order valence-electron chi connectivity index (χ1n) is 3.67. The van der Waals surface area contributed by atoms with Crippen LogP contribution in [-0.2, 0) is 19.2 Å². The molecule has 0 aliphatic carbocycles. The van der Waals surface area contributed by atoms with Crippen LogP contribution in [0.15, 0.2) is 23.9 Å². The van der Waals surface area contributed by atoms with E-state index in [4.69, 9.17) is 10.2 Å². The third-order valence-corrected chi connectivity index (χ3v) is 1.53. The Morgan fingerprint density at radius 1 is 1.13 bits per heavy atom. The molecule has 0 spiro atoms. The van der Waals surface area contributed by atoms with Gasteiger partial charge in [0.05, 0.1) is 6.08 Å². The van der Waals surface area contributed by atoms with E-state index in [1.165, 1.54) is 0 Å². The van der Waals surface area contributed by atoms with E-state index < -0.39 is 29.5 Å². The Balaban J connectivity index is 3.12. The van der Waals surface area contributed by atoms with Crippen molar-refractivity contribution in [3.63, 3.8) is 0 Å². The minimum Gasteiger partial charge on any atom is -0.478 e. The molecule has 0 bridgehead atoms. The highest BCUT2D eigenvalue weighted by atomic mass is 16.4. The van der Waals surface area contributed by atoms with Crippen LogP contribution in [0.5, 0.6) is 0 Å². The topological polar surface area (TPSA) is 112 Å². The Hall–Kier alpha value is -2.44. The van der Waals surface area contributed by atoms with Crippen LogP contribution in [-0.4, -0.2) is 38.9 Å². The standard InChI is InChI=1S/C8H5NO6/c10-5-1-2-6(11)9(5)4(8(14)15)3-7(12)13/h1-3H,(H,12,13)(H,14,15)/b4-3+. The molecule has 0 fully saturated rings. The number of carbonyl (C=O) groups is 4. The number of carboxylic acid groups (broad SMARTS) is 2. The largest absolute Gasteiger partial charge is 0.478 e. The molecule has 7 nitrogen and oxygen atoms in total. The molecule has 2 amide bonds. The van der Waals surface area contributed by atoms with Crippen LogP contribution in [0.4, 0.5) is 0 Å². The lowest BCUT2D eigenvalue weighted by molar-refractivity contribution is -0.143. The number of rotatable bonds is 3. The summed E-state index contributed by atoms with van der Waals surface area (Å²) >= 11 is 0. The van der Waals surface area contributed by atoms with E-state index in [2.05, 4.69) is 0 Å². The summed E-state index contributed by atoms with van der Waals surface area (Å²) in [6.07, 6.45) is 2.01. The highest BCUT2D eigenvalue weighted by Gasteiger charge is 2.31. The van der Waals surface area contributed by atoms with Crippen molar-refractivity contribution in [1.82, 2.24) is 4.90 Å². The average molecular weight is 211 g/mol. The summed E-state index contributed by atoms with van der Waals surface area (Å²) in [5.41, 5.74) is -0.887. The van der Waals surface area contributed by atoms with E-state index in [1.54, 1.807) is 0 Å². The molecule has 1 heterocycles. The zero-order valence-electron chi connectivity index (χ0n) is 7.21. The van der Waals surface area contributed by atoms with Gasteiger partial charge in [-0.25, -0.2) is 14.5 Å². The molecular weight excluding hydrogens is 206 g/mol. The van der Waals surface area contributed by atoms with E-state index in [9.17, 15) is 19.2 Å². The zero-order chi connectivity index (χ0) is 11.6. The van der Waals surface area contributed by atoms with Crippen molar-refractivity contribution < 1.29 is 29.4 Å². The second-order valence-corrected chi connectivity index (χ2v) is 2.52. The molecule has 0 aromatic carbocycles. The molecule has 0 radical (unpaired) electrons. The molecule has 1 aliphatic heterocycles. The smallest absolute Gasteiger partial charge is 0.353 e. The summed E-state index contributed by atoms with van der Waals surface area (Å²) in [5, 5.41) is 17.0. The van der Waals surface area contributed by atoms with Crippen LogP contribution in [0.25, 0.3) is 0 Å². The maximum atomic E-state index is 11.0. The second kappa shape index (κ2) is 3.74. The minimum atomic E-state index is -1.66. The van der Waals surface area contributed by atoms with E-state index in [1.807, 2.05) is 0 Å². The van der Waals surface area contributed by atoms with Gasteiger partial charge in [0.15, 0.2) is 0 Å². The predicted octanol–water partition coefficient (Wildman–Crippen LogP) is -1.04. The first-order valence-corrected chi connectivity index (χ1v) is 3.67. The van der Waals surface area contributed by atoms with Crippen molar-refractivity contribution in [1.29, 1.82) is 0 Å². The van der Waals surface area contributed by atoms with Gasteiger partial charge in [-0.3, -0.25) is 9.59 Å². The van der Waals surface area contributed by atoms with Crippen LogP contribution in [0.1, 0.15) is 0 Å². The van der Waals surface area contributed by atoms with Gasteiger partial charge in [0.25, 0.3) is 11.8 Å². The number of amides is 2. The SMILES string of the molecule is O=C(O)/C=C(\C(=O)O)N1C(=O)C=CC1=O. The first kappa shape index (κ1) is 10.6. The van der Waals surface area contributed by atoms with E-state index in [0.29, 0.717) is 0 Å². The number of hydrogen-bond acceptors (Lipinski definition) is 4. The van der Waals surface area contributed by atoms with Gasteiger partial charge in [-0.1, -0.05) is 0 Å². The number of imide groups is 1. The van der Waals surface area contributed by atoms with Gasteiger partial charge in [0.2, 0.25) is 0 Å². The summed E-state index contributed by atoms with van der Waals surface area (Å²) in [6.45, 7) is 0. The van der Waals surface area contributed by atoms with Gasteiger partial charge in [-0.05, 0) is 0 Å². The van der Waals surface area contributed by atoms with Crippen molar-refractivity contribution in [3.8, 4) is 0 Å². The van der Waals surface area contributed by atoms with Crippen LogP contribution < -0.4 is 0 Å². The maximum absolute atomic E-state index is 11.0. The zero-order valence-corrected chi connectivity index (χ0v) is 7.21. The number of carboxylic acids is 2. The van der Waals surface area contributed by atoms with Crippen molar-refractivity contribution in [2.24, 2.45) is 0 Å². The quantitative estimate of drug-likeness (QED) is 0.455. The normalized spacial score (nSPS) is 16.0. The predicted molar refractivity (Wildman–Crippen MR) is 44.3 cm³/mol. The molecule has 2 N–H and O–H groups in total. The molecule has 0 saturated carbocycles. The van der Waals surface area contributed by atoms with Gasteiger partial charge >= 0.3 is 11.9 Å².